The number of carbonyl (C=O) groups excluding carboxylic acids is 1. The molecule has 0 amide bonds. The summed E-state index contributed by atoms with van der Waals surface area (Å²) in [6, 6.07) is 10.6. The summed E-state index contributed by atoms with van der Waals surface area (Å²) in [6.07, 6.45) is 6.60. The van der Waals surface area contributed by atoms with E-state index in [0.717, 1.165) is 37.6 Å². The number of fused-ring (bicyclic) bond motifs is 1. The van der Waals surface area contributed by atoms with E-state index in [4.69, 9.17) is 0 Å². The third-order valence-electron chi connectivity index (χ3n) is 3.85. The number of pyridine rings is 1. The first kappa shape index (κ1) is 11.4. The van der Waals surface area contributed by atoms with Crippen molar-refractivity contribution in [2.75, 3.05) is 0 Å². The Morgan fingerprint density at radius 2 is 2.00 bits per heavy atom. The van der Waals surface area contributed by atoms with Gasteiger partial charge in [0.1, 0.15) is 5.78 Å². The van der Waals surface area contributed by atoms with Crippen LogP contribution in [0.5, 0.6) is 0 Å². The van der Waals surface area contributed by atoms with Gasteiger partial charge in [0.15, 0.2) is 0 Å². The van der Waals surface area contributed by atoms with Crippen molar-refractivity contribution in [3.05, 3.63) is 42.1 Å². The average molecular weight is 239 g/mol. The molecule has 3 rings (SSSR count). The monoisotopic (exact) mass is 239 g/mol. The molecule has 18 heavy (non-hydrogen) atoms. The molecule has 1 aliphatic rings. The molecular weight excluding hydrogens is 222 g/mol. The number of nitrogens with zero attached hydrogens (tertiary/aromatic N) is 1. The lowest BCUT2D eigenvalue weighted by Crippen LogP contribution is -2.15. The Balaban J connectivity index is 1.76. The summed E-state index contributed by atoms with van der Waals surface area (Å²) < 4.78 is 0. The van der Waals surface area contributed by atoms with Gasteiger partial charge in [0.2, 0.25) is 0 Å². The minimum absolute atomic E-state index is 0.439. The van der Waals surface area contributed by atoms with Crippen molar-refractivity contribution >= 4 is 16.7 Å². The fourth-order valence-corrected chi connectivity index (χ4v) is 2.79. The zero-order valence-electron chi connectivity index (χ0n) is 10.4. The van der Waals surface area contributed by atoms with Gasteiger partial charge in [0.05, 0.1) is 5.52 Å². The van der Waals surface area contributed by atoms with Gasteiger partial charge in [-0.2, -0.15) is 0 Å². The fraction of sp³-hybridized carbons (Fsp3) is 0.375. The van der Waals surface area contributed by atoms with Crippen LogP contribution in [0.1, 0.15) is 31.2 Å². The van der Waals surface area contributed by atoms with Crippen LogP contribution in [0, 0.1) is 5.92 Å². The van der Waals surface area contributed by atoms with Gasteiger partial charge in [-0.05, 0) is 48.9 Å². The van der Waals surface area contributed by atoms with Crippen LogP contribution in [-0.2, 0) is 11.2 Å². The first-order valence-electron chi connectivity index (χ1n) is 6.66. The third-order valence-corrected chi connectivity index (χ3v) is 3.85. The molecule has 0 N–H and O–H groups in total. The van der Waals surface area contributed by atoms with Crippen molar-refractivity contribution in [3.63, 3.8) is 0 Å². The molecule has 2 aromatic rings. The molecule has 0 radical (unpaired) electrons. The van der Waals surface area contributed by atoms with Crippen molar-refractivity contribution in [2.24, 2.45) is 5.92 Å². The summed E-state index contributed by atoms with van der Waals surface area (Å²) in [6.45, 7) is 0. The van der Waals surface area contributed by atoms with E-state index in [-0.39, 0.29) is 0 Å². The summed E-state index contributed by atoms with van der Waals surface area (Å²) in [7, 11) is 0. The number of Topliss-reactive ketones (excluding diaryl/α,β-unsaturated/α-hetero) is 1. The zero-order chi connectivity index (χ0) is 12.4. The van der Waals surface area contributed by atoms with Gasteiger partial charge in [0.25, 0.3) is 0 Å². The summed E-state index contributed by atoms with van der Waals surface area (Å²) in [5, 5.41) is 1.21. The van der Waals surface area contributed by atoms with E-state index < -0.39 is 0 Å². The van der Waals surface area contributed by atoms with Crippen LogP contribution in [0.2, 0.25) is 0 Å². The predicted molar refractivity (Wildman–Crippen MR) is 72.4 cm³/mol. The van der Waals surface area contributed by atoms with E-state index in [1.165, 1.54) is 10.9 Å². The maximum absolute atomic E-state index is 11.2. The van der Waals surface area contributed by atoms with Crippen molar-refractivity contribution in [1.82, 2.24) is 4.98 Å². The molecule has 0 atom stereocenters. The number of aromatic nitrogens is 1. The molecule has 0 bridgehead atoms. The molecule has 2 heteroatoms. The molecule has 1 aromatic heterocycles. The lowest BCUT2D eigenvalue weighted by atomic mass is 9.84. The highest BCUT2D eigenvalue weighted by atomic mass is 16.1. The van der Waals surface area contributed by atoms with Crippen LogP contribution in [0.4, 0.5) is 0 Å². The fourth-order valence-electron chi connectivity index (χ4n) is 2.79. The highest BCUT2D eigenvalue weighted by Gasteiger charge is 2.18. The average Bonchev–Trinajstić information content (AvgIpc) is 2.41. The lowest BCUT2D eigenvalue weighted by molar-refractivity contribution is -0.120. The molecule has 1 fully saturated rings. The molecule has 92 valence electrons. The molecule has 0 saturated heterocycles. The molecular formula is C16H17NO. The van der Waals surface area contributed by atoms with Crippen molar-refractivity contribution in [2.45, 2.75) is 32.1 Å². The van der Waals surface area contributed by atoms with Crippen LogP contribution < -0.4 is 0 Å². The molecule has 1 aromatic carbocycles. The first-order chi connectivity index (χ1) is 8.81. The van der Waals surface area contributed by atoms with Crippen LogP contribution in [0.25, 0.3) is 10.9 Å². The molecule has 0 unspecified atom stereocenters. The molecule has 2 nitrogen and oxygen atoms in total. The number of carbonyl (C=O) groups is 1. The number of hydrogen-bond donors (Lipinski definition) is 0. The number of hydrogen-bond acceptors (Lipinski definition) is 2. The Kier molecular flexibility index (Phi) is 3.09. The van der Waals surface area contributed by atoms with Gasteiger partial charge in [0, 0.05) is 24.4 Å². The third kappa shape index (κ3) is 2.42. The van der Waals surface area contributed by atoms with E-state index in [1.807, 2.05) is 12.3 Å². The Hall–Kier alpha value is -1.70. The van der Waals surface area contributed by atoms with Crippen LogP contribution >= 0.6 is 0 Å². The summed E-state index contributed by atoms with van der Waals surface area (Å²) in [5.41, 5.74) is 2.43. The van der Waals surface area contributed by atoms with Gasteiger partial charge >= 0.3 is 0 Å². The molecule has 1 aliphatic carbocycles. The Morgan fingerprint density at radius 3 is 2.83 bits per heavy atom. The number of ketones is 1. The quantitative estimate of drug-likeness (QED) is 0.802. The van der Waals surface area contributed by atoms with E-state index >= 15 is 0 Å². The molecule has 1 heterocycles. The molecule has 0 aliphatic heterocycles. The number of rotatable bonds is 2. The van der Waals surface area contributed by atoms with Crippen LogP contribution in [0.3, 0.4) is 0 Å². The van der Waals surface area contributed by atoms with E-state index in [1.54, 1.807) is 0 Å². The van der Waals surface area contributed by atoms with E-state index in [2.05, 4.69) is 29.2 Å². The second-order valence-corrected chi connectivity index (χ2v) is 5.22. The Morgan fingerprint density at radius 1 is 1.17 bits per heavy atom. The van der Waals surface area contributed by atoms with Gasteiger partial charge in [-0.15, -0.1) is 0 Å². The highest BCUT2D eigenvalue weighted by molar-refractivity contribution is 5.79. The minimum atomic E-state index is 0.439. The largest absolute Gasteiger partial charge is 0.300 e. The molecule has 1 saturated carbocycles. The lowest BCUT2D eigenvalue weighted by Gasteiger charge is -2.20. The predicted octanol–water partition coefficient (Wildman–Crippen LogP) is 3.54. The van der Waals surface area contributed by atoms with Crippen molar-refractivity contribution in [3.8, 4) is 0 Å². The normalized spacial score (nSPS) is 17.2. The van der Waals surface area contributed by atoms with E-state index in [0.29, 0.717) is 11.7 Å². The summed E-state index contributed by atoms with van der Waals surface area (Å²) >= 11 is 0. The minimum Gasteiger partial charge on any atom is -0.300 e. The zero-order valence-corrected chi connectivity index (χ0v) is 10.4. The maximum atomic E-state index is 11.2. The van der Waals surface area contributed by atoms with Gasteiger partial charge in [-0.25, -0.2) is 0 Å². The maximum Gasteiger partial charge on any atom is 0.132 e. The van der Waals surface area contributed by atoms with Crippen LogP contribution in [0.15, 0.2) is 36.5 Å². The van der Waals surface area contributed by atoms with E-state index in [9.17, 15) is 4.79 Å². The molecule has 0 spiro atoms. The van der Waals surface area contributed by atoms with Crippen molar-refractivity contribution < 1.29 is 4.79 Å². The Bertz CT molecular complexity index is 566. The highest BCUT2D eigenvalue weighted by Crippen LogP contribution is 2.26. The standard InChI is InChI=1S/C16H17NO/c18-15-6-3-12(4-7-15)10-13-5-8-16-14(11-13)2-1-9-17-16/h1-2,5,8-9,11-12H,3-4,6-7,10H2. The van der Waals surface area contributed by atoms with Crippen molar-refractivity contribution in [1.29, 1.82) is 0 Å². The van der Waals surface area contributed by atoms with Gasteiger partial charge in [-0.1, -0.05) is 12.1 Å². The first-order valence-corrected chi connectivity index (χ1v) is 6.66. The SMILES string of the molecule is O=C1CCC(Cc2ccc3ncccc3c2)CC1. The summed E-state index contributed by atoms with van der Waals surface area (Å²) in [5.74, 6) is 1.12. The number of benzene rings is 1. The van der Waals surface area contributed by atoms with Crippen LogP contribution in [-0.4, -0.2) is 10.8 Å². The second kappa shape index (κ2) is 4.89. The summed E-state index contributed by atoms with van der Waals surface area (Å²) in [4.78, 5) is 15.6. The van der Waals surface area contributed by atoms with Gasteiger partial charge < -0.3 is 0 Å². The Labute approximate surface area is 107 Å². The van der Waals surface area contributed by atoms with Gasteiger partial charge in [-0.3, -0.25) is 9.78 Å². The smallest absolute Gasteiger partial charge is 0.132 e. The second-order valence-electron chi connectivity index (χ2n) is 5.22. The topological polar surface area (TPSA) is 30.0 Å².